The molecule has 0 aliphatic carbocycles. The Morgan fingerprint density at radius 2 is 2.13 bits per heavy atom. The Morgan fingerprint density at radius 3 is 2.74 bits per heavy atom. The average Bonchev–Trinajstić information content (AvgIpc) is 3.07. The smallest absolute Gasteiger partial charge is 0.308 e. The number of hydrogen-bond acceptors (Lipinski definition) is 4. The molecule has 0 saturated carbocycles. The third-order valence-electron chi connectivity index (χ3n) is 4.67. The van der Waals surface area contributed by atoms with Crippen LogP contribution in [0.4, 0.5) is 0 Å². The van der Waals surface area contributed by atoms with E-state index in [1.165, 1.54) is 11.3 Å². The summed E-state index contributed by atoms with van der Waals surface area (Å²) in [6.45, 7) is 4.24. The molecule has 122 valence electrons. The van der Waals surface area contributed by atoms with Crippen molar-refractivity contribution in [2.75, 3.05) is 13.7 Å². The van der Waals surface area contributed by atoms with Crippen LogP contribution < -0.4 is 4.74 Å². The number of hydrogen-bond donors (Lipinski definition) is 1. The minimum Gasteiger partial charge on any atom is -0.497 e. The molecule has 0 spiro atoms. The SMILES string of the molecule is COc1ccc2sc(C(=O)N3CCC(C(=O)O)C3C)c(C)c2c1. The van der Waals surface area contributed by atoms with Gasteiger partial charge in [0.1, 0.15) is 5.75 Å². The number of carbonyl (C=O) groups excluding carboxylic acids is 1. The van der Waals surface area contributed by atoms with E-state index in [1.807, 2.05) is 32.0 Å². The number of carboxylic acids is 1. The number of carboxylic acid groups (broad SMARTS) is 1. The summed E-state index contributed by atoms with van der Waals surface area (Å²) in [5.74, 6) is -0.615. The van der Waals surface area contributed by atoms with Crippen LogP contribution in [0.5, 0.6) is 5.75 Å². The molecule has 5 nitrogen and oxygen atoms in total. The second kappa shape index (κ2) is 5.85. The highest BCUT2D eigenvalue weighted by atomic mass is 32.1. The molecule has 2 unspecified atom stereocenters. The summed E-state index contributed by atoms with van der Waals surface area (Å²) in [4.78, 5) is 26.5. The zero-order valence-corrected chi connectivity index (χ0v) is 14.1. The van der Waals surface area contributed by atoms with E-state index in [2.05, 4.69) is 0 Å². The number of rotatable bonds is 3. The molecule has 1 aliphatic rings. The van der Waals surface area contributed by atoms with Crippen molar-refractivity contribution in [1.82, 2.24) is 4.90 Å². The quantitative estimate of drug-likeness (QED) is 0.937. The van der Waals surface area contributed by atoms with E-state index in [0.717, 1.165) is 21.4 Å². The van der Waals surface area contributed by atoms with Crippen LogP contribution in [0.3, 0.4) is 0 Å². The van der Waals surface area contributed by atoms with Gasteiger partial charge in [0.15, 0.2) is 0 Å². The first-order valence-corrected chi connectivity index (χ1v) is 8.36. The number of benzene rings is 1. The Balaban J connectivity index is 1.95. The van der Waals surface area contributed by atoms with Crippen molar-refractivity contribution in [3.05, 3.63) is 28.6 Å². The topological polar surface area (TPSA) is 66.8 Å². The van der Waals surface area contributed by atoms with Crippen molar-refractivity contribution in [3.63, 3.8) is 0 Å². The highest BCUT2D eigenvalue weighted by molar-refractivity contribution is 7.21. The van der Waals surface area contributed by atoms with Gasteiger partial charge in [0.05, 0.1) is 17.9 Å². The molecule has 2 atom stereocenters. The molecular weight excluding hydrogens is 314 g/mol. The lowest BCUT2D eigenvalue weighted by Gasteiger charge is -2.23. The summed E-state index contributed by atoms with van der Waals surface area (Å²) in [5.41, 5.74) is 0.930. The summed E-state index contributed by atoms with van der Waals surface area (Å²) in [7, 11) is 1.62. The van der Waals surface area contributed by atoms with Crippen molar-refractivity contribution >= 4 is 33.3 Å². The zero-order chi connectivity index (χ0) is 16.7. The van der Waals surface area contributed by atoms with Crippen LogP contribution in [0.2, 0.25) is 0 Å². The lowest BCUT2D eigenvalue weighted by molar-refractivity contribution is -0.142. The van der Waals surface area contributed by atoms with Crippen molar-refractivity contribution < 1.29 is 19.4 Å². The molecule has 1 N–H and O–H groups in total. The van der Waals surface area contributed by atoms with Gasteiger partial charge in [-0.25, -0.2) is 0 Å². The summed E-state index contributed by atoms with van der Waals surface area (Å²) in [5, 5.41) is 10.2. The zero-order valence-electron chi connectivity index (χ0n) is 13.3. The number of ether oxygens (including phenoxy) is 1. The van der Waals surface area contributed by atoms with E-state index in [4.69, 9.17) is 4.74 Å². The van der Waals surface area contributed by atoms with E-state index < -0.39 is 11.9 Å². The van der Waals surface area contributed by atoms with E-state index in [1.54, 1.807) is 12.0 Å². The van der Waals surface area contributed by atoms with Crippen LogP contribution >= 0.6 is 11.3 Å². The molecule has 1 fully saturated rings. The fraction of sp³-hybridized carbons (Fsp3) is 0.412. The van der Waals surface area contributed by atoms with Crippen molar-refractivity contribution in [2.24, 2.45) is 5.92 Å². The van der Waals surface area contributed by atoms with Crippen molar-refractivity contribution in [1.29, 1.82) is 0 Å². The van der Waals surface area contributed by atoms with E-state index in [9.17, 15) is 14.7 Å². The number of methoxy groups -OCH3 is 1. The molecule has 1 aliphatic heterocycles. The summed E-state index contributed by atoms with van der Waals surface area (Å²) >= 11 is 1.46. The van der Waals surface area contributed by atoms with Crippen LogP contribution in [0.1, 0.15) is 28.6 Å². The van der Waals surface area contributed by atoms with Crippen LogP contribution in [0.25, 0.3) is 10.1 Å². The minimum atomic E-state index is -0.828. The molecule has 1 aromatic carbocycles. The van der Waals surface area contributed by atoms with Gasteiger partial charge in [0, 0.05) is 17.3 Å². The molecule has 2 aromatic rings. The first-order chi connectivity index (χ1) is 10.9. The maximum Gasteiger partial charge on any atom is 0.308 e. The molecular formula is C17H19NO4S. The third kappa shape index (κ3) is 2.57. The van der Waals surface area contributed by atoms with Gasteiger partial charge in [0.2, 0.25) is 0 Å². The molecule has 1 saturated heterocycles. The third-order valence-corrected chi connectivity index (χ3v) is 5.93. The number of thiophene rings is 1. The van der Waals surface area contributed by atoms with Gasteiger partial charge in [-0.15, -0.1) is 11.3 Å². The van der Waals surface area contributed by atoms with Gasteiger partial charge in [-0.3, -0.25) is 9.59 Å². The Morgan fingerprint density at radius 1 is 1.39 bits per heavy atom. The standard InChI is InChI=1S/C17H19NO4S/c1-9-13-8-11(22-3)4-5-14(13)23-15(9)16(19)18-7-6-12(10(18)2)17(20)21/h4-5,8,10,12H,6-7H2,1-3H3,(H,20,21). The number of nitrogens with zero attached hydrogens (tertiary/aromatic N) is 1. The maximum absolute atomic E-state index is 12.9. The van der Waals surface area contributed by atoms with Crippen LogP contribution in [0.15, 0.2) is 18.2 Å². The summed E-state index contributed by atoms with van der Waals surface area (Å²) in [6, 6.07) is 5.49. The molecule has 1 amide bonds. The molecule has 6 heteroatoms. The predicted octanol–water partition coefficient (Wildman–Crippen LogP) is 3.15. The summed E-state index contributed by atoms with van der Waals surface area (Å²) in [6.07, 6.45) is 0.514. The number of amides is 1. The second-order valence-electron chi connectivity index (χ2n) is 5.89. The van der Waals surface area contributed by atoms with E-state index in [-0.39, 0.29) is 11.9 Å². The Hall–Kier alpha value is -2.08. The molecule has 0 bridgehead atoms. The number of aryl methyl sites for hydroxylation is 1. The number of aliphatic carboxylic acids is 1. The minimum absolute atomic E-state index is 0.0704. The van der Waals surface area contributed by atoms with Gasteiger partial charge in [-0.1, -0.05) is 0 Å². The number of fused-ring (bicyclic) bond motifs is 1. The lowest BCUT2D eigenvalue weighted by Crippen LogP contribution is -2.37. The van der Waals surface area contributed by atoms with Crippen LogP contribution in [-0.2, 0) is 4.79 Å². The van der Waals surface area contributed by atoms with Gasteiger partial charge in [-0.2, -0.15) is 0 Å². The maximum atomic E-state index is 12.9. The number of likely N-dealkylation sites (tertiary alicyclic amines) is 1. The van der Waals surface area contributed by atoms with E-state index >= 15 is 0 Å². The predicted molar refractivity (Wildman–Crippen MR) is 89.4 cm³/mol. The molecule has 3 rings (SSSR count). The molecule has 2 heterocycles. The Kier molecular flexibility index (Phi) is 4.02. The largest absolute Gasteiger partial charge is 0.497 e. The van der Waals surface area contributed by atoms with Crippen LogP contribution in [-0.4, -0.2) is 41.6 Å². The highest BCUT2D eigenvalue weighted by Gasteiger charge is 2.39. The first-order valence-electron chi connectivity index (χ1n) is 7.55. The van der Waals surface area contributed by atoms with Gasteiger partial charge < -0.3 is 14.7 Å². The van der Waals surface area contributed by atoms with Crippen LogP contribution in [0, 0.1) is 12.8 Å². The van der Waals surface area contributed by atoms with E-state index in [0.29, 0.717) is 17.8 Å². The first kappa shape index (κ1) is 15.8. The number of carbonyl (C=O) groups is 2. The summed E-state index contributed by atoms with van der Waals surface area (Å²) < 4.78 is 6.28. The fourth-order valence-corrected chi connectivity index (χ4v) is 4.36. The second-order valence-corrected chi connectivity index (χ2v) is 6.94. The van der Waals surface area contributed by atoms with Crippen molar-refractivity contribution in [2.45, 2.75) is 26.3 Å². The van der Waals surface area contributed by atoms with Gasteiger partial charge in [0.25, 0.3) is 5.91 Å². The molecule has 1 aromatic heterocycles. The van der Waals surface area contributed by atoms with Crippen molar-refractivity contribution in [3.8, 4) is 5.75 Å². The Labute approximate surface area is 138 Å². The van der Waals surface area contributed by atoms with Gasteiger partial charge >= 0.3 is 5.97 Å². The average molecular weight is 333 g/mol. The van der Waals surface area contributed by atoms with Gasteiger partial charge in [-0.05, 0) is 49.4 Å². The monoisotopic (exact) mass is 333 g/mol. The highest BCUT2D eigenvalue weighted by Crippen LogP contribution is 2.36. The normalized spacial score (nSPS) is 20.9. The molecule has 23 heavy (non-hydrogen) atoms. The lowest BCUT2D eigenvalue weighted by atomic mass is 10.0. The Bertz CT molecular complexity index is 782. The fourth-order valence-electron chi connectivity index (χ4n) is 3.22. The molecule has 0 radical (unpaired) electrons.